The number of nitrogens with two attached hydrogens (primary N) is 2. The lowest BCUT2D eigenvalue weighted by Gasteiger charge is -1.62. The molecule has 0 bridgehead atoms. The van der Waals surface area contributed by atoms with Crippen LogP contribution in [0.1, 0.15) is 6.92 Å². The van der Waals surface area contributed by atoms with Gasteiger partial charge in [0.1, 0.15) is 0 Å². The van der Waals surface area contributed by atoms with E-state index in [1.807, 2.05) is 0 Å². The minimum absolute atomic E-state index is 0. The highest BCUT2D eigenvalue weighted by Crippen LogP contribution is 1.42. The van der Waals surface area contributed by atoms with E-state index in [9.17, 15) is 0 Å². The first-order valence-electron chi connectivity index (χ1n) is 2.77. The highest BCUT2D eigenvalue weighted by molar-refractivity contribution is 5.69. The maximum absolute atomic E-state index is 9.00. The number of aliphatic carboxylic acids is 1. The summed E-state index contributed by atoms with van der Waals surface area (Å²) in [5.74, 6) is -0.833. The van der Waals surface area contributed by atoms with Gasteiger partial charge in [0.05, 0.1) is 0 Å². The zero-order valence-electron chi connectivity index (χ0n) is 9.68. The van der Waals surface area contributed by atoms with Crippen molar-refractivity contribution in [2.45, 2.75) is 6.92 Å². The van der Waals surface area contributed by atoms with Crippen LogP contribution < -0.4 is 29.9 Å². The monoisotopic (exact) mass is 280 g/mol. The van der Waals surface area contributed by atoms with E-state index in [0.717, 1.165) is 6.92 Å². The second-order valence-electron chi connectivity index (χ2n) is 1.26. The summed E-state index contributed by atoms with van der Waals surface area (Å²) in [4.78, 5) is 34.7. The van der Waals surface area contributed by atoms with E-state index in [1.54, 1.807) is 0 Å². The first-order chi connectivity index (χ1) is 6.61. The van der Waals surface area contributed by atoms with Crippen LogP contribution >= 0.6 is 0 Å². The Bertz CT molecular complexity index is 157. The van der Waals surface area contributed by atoms with Crippen molar-refractivity contribution in [3.8, 4) is 0 Å². The van der Waals surface area contributed by atoms with Gasteiger partial charge in [0.15, 0.2) is 0 Å². The van der Waals surface area contributed by atoms with Crippen molar-refractivity contribution in [3.63, 3.8) is 0 Å². The van der Waals surface area contributed by atoms with E-state index in [1.165, 1.54) is 0 Å². The minimum Gasteiger partial charge on any atom is -0.483 e. The second-order valence-corrected chi connectivity index (χ2v) is 1.26. The number of hydrogen-bond acceptors (Lipinski definition) is 8. The van der Waals surface area contributed by atoms with Crippen LogP contribution in [-0.2, 0) is 9.59 Å². The largest absolute Gasteiger partial charge is 0.483 e. The lowest BCUT2D eigenvalue weighted by Crippen LogP contribution is -2.18. The fourth-order valence-corrected chi connectivity index (χ4v) is 0. The van der Waals surface area contributed by atoms with Crippen molar-refractivity contribution >= 4 is 18.5 Å². The van der Waals surface area contributed by atoms with Gasteiger partial charge < -0.3 is 45.3 Å². The van der Waals surface area contributed by atoms with Crippen molar-refractivity contribution in [1.82, 2.24) is 18.5 Å². The molecule has 0 rings (SSSR count). The van der Waals surface area contributed by atoms with Gasteiger partial charge in [0.25, 0.3) is 17.5 Å². The minimum atomic E-state index is -1.50. The van der Waals surface area contributed by atoms with Gasteiger partial charge in [0.2, 0.25) is 0 Å². The fourth-order valence-electron chi connectivity index (χ4n) is 0. The molecule has 0 aliphatic heterocycles. The molecule has 0 atom stereocenters. The maximum Gasteiger partial charge on any atom is 0.309 e. The highest BCUT2D eigenvalue weighted by Gasteiger charge is 1.65. The van der Waals surface area contributed by atoms with Crippen LogP contribution in [0.15, 0.2) is 0 Å². The average molecular weight is 280 g/mol. The quantitative estimate of drug-likeness (QED) is 0.150. The molecule has 0 spiro atoms. The number of carbonyl (C=O) groups is 3. The number of nitrogens with zero attached hydrogens (tertiary/aromatic N) is 1. The smallest absolute Gasteiger partial charge is 0.309 e. The lowest BCUT2D eigenvalue weighted by atomic mass is 10.9. The predicted octanol–water partition coefficient (Wildman–Crippen LogP) is -1.05. The molecule has 18 heavy (non-hydrogen) atoms. The highest BCUT2D eigenvalue weighted by atomic mass is 16.9. The molecule has 0 heterocycles. The van der Waals surface area contributed by atoms with Crippen LogP contribution in [-0.4, -0.2) is 39.0 Å². The number of carboxylic acid groups (broad SMARTS) is 2. The molecule has 14 nitrogen and oxygen atoms in total. The van der Waals surface area contributed by atoms with E-state index < -0.39 is 17.1 Å². The number of hydrogen-bond donors (Lipinski definition) is 8. The Hall–Kier alpha value is -2.71. The van der Waals surface area contributed by atoms with Crippen LogP contribution in [0, 0.1) is 10.1 Å². The van der Waals surface area contributed by atoms with Gasteiger partial charge in [-0.2, -0.15) is 0 Å². The van der Waals surface area contributed by atoms with Crippen molar-refractivity contribution < 1.29 is 34.9 Å². The summed E-state index contributed by atoms with van der Waals surface area (Å²) in [5, 5.41) is 27.9. The third-order valence-electron chi connectivity index (χ3n) is 0. The fraction of sp³-hybridized carbons (Fsp3) is 0.250. The molecule has 0 saturated carbocycles. The number of carbonyl (C=O) groups excluding carboxylic acids is 1. The third kappa shape index (κ3) is 273. The SMILES string of the molecule is CC(=O)O.N.N.N.NC(N)=O.O=CO.O=[N+]([O-])O. The summed E-state index contributed by atoms with van der Waals surface area (Å²) in [6.07, 6.45) is 0. The zero-order valence-corrected chi connectivity index (χ0v) is 9.68. The molecule has 16 N–H and O–H groups in total. The molecule has 0 aromatic rings. The van der Waals surface area contributed by atoms with Gasteiger partial charge in [-0.3, -0.25) is 9.59 Å². The number of rotatable bonds is 0. The first-order valence-corrected chi connectivity index (χ1v) is 2.77. The number of carboxylic acids is 1. The molecular formula is C4H20N6O8. The topological polar surface area (TPSA) is 312 Å². The molecule has 0 radical (unpaired) electrons. The van der Waals surface area contributed by atoms with Gasteiger partial charge in [-0.05, 0) is 0 Å². The molecular weight excluding hydrogens is 260 g/mol. The summed E-state index contributed by atoms with van der Waals surface area (Å²) in [5.41, 5.74) is 8.50. The Morgan fingerprint density at radius 1 is 1.22 bits per heavy atom. The Morgan fingerprint density at radius 2 is 1.22 bits per heavy atom. The molecule has 0 aliphatic carbocycles. The van der Waals surface area contributed by atoms with Gasteiger partial charge >= 0.3 is 6.03 Å². The third-order valence-corrected chi connectivity index (χ3v) is 0. The molecule has 0 aliphatic rings. The molecule has 2 amide bonds. The Kier molecular flexibility index (Phi) is 120. The maximum atomic E-state index is 9.00. The van der Waals surface area contributed by atoms with Crippen molar-refractivity contribution in [2.24, 2.45) is 11.5 Å². The Balaban J connectivity index is -0.0000000171. The predicted molar refractivity (Wildman–Crippen MR) is 59.6 cm³/mol. The van der Waals surface area contributed by atoms with Crippen LogP contribution in [0.3, 0.4) is 0 Å². The molecule has 0 aromatic carbocycles. The van der Waals surface area contributed by atoms with E-state index in [0.29, 0.717) is 0 Å². The molecule has 0 aromatic heterocycles. The summed E-state index contributed by atoms with van der Waals surface area (Å²) in [6, 6.07) is -0.833. The van der Waals surface area contributed by atoms with Gasteiger partial charge in [0, 0.05) is 6.92 Å². The van der Waals surface area contributed by atoms with E-state index in [-0.39, 0.29) is 24.9 Å². The summed E-state index contributed by atoms with van der Waals surface area (Å²) >= 11 is 0. The Labute approximate surface area is 101 Å². The van der Waals surface area contributed by atoms with Crippen LogP contribution in [0.2, 0.25) is 0 Å². The number of amides is 2. The average Bonchev–Trinajstić information content (AvgIpc) is 1.81. The Morgan fingerprint density at radius 3 is 1.22 bits per heavy atom. The van der Waals surface area contributed by atoms with Crippen molar-refractivity contribution in [2.75, 3.05) is 0 Å². The normalized spacial score (nSPS) is 4.72. The molecule has 114 valence electrons. The molecule has 14 heteroatoms. The van der Waals surface area contributed by atoms with Gasteiger partial charge in [-0.15, -0.1) is 10.1 Å². The molecule has 0 fully saturated rings. The van der Waals surface area contributed by atoms with Crippen LogP contribution in [0.25, 0.3) is 0 Å². The summed E-state index contributed by atoms with van der Waals surface area (Å²) in [7, 11) is 0. The van der Waals surface area contributed by atoms with Gasteiger partial charge in [-0.1, -0.05) is 0 Å². The lowest BCUT2D eigenvalue weighted by molar-refractivity contribution is -0.742. The van der Waals surface area contributed by atoms with Crippen LogP contribution in [0.4, 0.5) is 4.79 Å². The van der Waals surface area contributed by atoms with Crippen LogP contribution in [0.5, 0.6) is 0 Å². The van der Waals surface area contributed by atoms with E-state index >= 15 is 0 Å². The van der Waals surface area contributed by atoms with E-state index in [2.05, 4.69) is 11.5 Å². The number of urea groups is 1. The number of primary amides is 2. The molecule has 0 saturated heterocycles. The second kappa shape index (κ2) is 47.5. The first kappa shape index (κ1) is 45.4. The van der Waals surface area contributed by atoms with Gasteiger partial charge in [-0.25, -0.2) is 4.79 Å². The molecule has 0 unspecified atom stereocenters. The standard InChI is InChI=1S/C2H4O2.CH4N2O.CH2O2.HNO3.3H3N/c1-2(3)4;2-1(3)4;2-1-3;2-1(3)4;;;/h1H3,(H,3,4);(H4,2,3,4);1H,(H,2,3);(H,2,3,4);3*1H3. The van der Waals surface area contributed by atoms with E-state index in [4.69, 9.17) is 39.9 Å². The summed E-state index contributed by atoms with van der Waals surface area (Å²) in [6.45, 7) is 0.833. The zero-order chi connectivity index (χ0) is 13.4. The van der Waals surface area contributed by atoms with Crippen molar-refractivity contribution in [1.29, 1.82) is 0 Å². The van der Waals surface area contributed by atoms with Crippen molar-refractivity contribution in [3.05, 3.63) is 10.1 Å². The summed E-state index contributed by atoms with van der Waals surface area (Å²) < 4.78 is 0.